The van der Waals surface area contributed by atoms with Crippen molar-refractivity contribution in [1.29, 1.82) is 0 Å². The molecule has 0 spiro atoms. The molecule has 1 aliphatic carbocycles. The number of carbonyl (C=O) groups is 3. The minimum atomic E-state index is -1.35. The van der Waals surface area contributed by atoms with Crippen molar-refractivity contribution >= 4 is 92.8 Å². The third kappa shape index (κ3) is 6.22. The Kier molecular flexibility index (Phi) is 8.07. The Balaban J connectivity index is 1.46. The Morgan fingerprint density at radius 1 is 0.784 bits per heavy atom. The molecule has 0 radical (unpaired) electrons. The molecule has 0 saturated heterocycles. The molecule has 0 aromatic heterocycles. The summed E-state index contributed by atoms with van der Waals surface area (Å²) in [5.74, 6) is -2.56. The zero-order chi connectivity index (χ0) is 26.9. The summed E-state index contributed by atoms with van der Waals surface area (Å²) in [6, 6.07) is 15.9. The number of nitrogens with one attached hydrogen (secondary N) is 3. The molecule has 0 bridgehead atoms. The molecule has 6 nitrogen and oxygen atoms in total. The highest BCUT2D eigenvalue weighted by molar-refractivity contribution is 6.53. The third-order valence-corrected chi connectivity index (χ3v) is 7.36. The van der Waals surface area contributed by atoms with E-state index in [0.717, 1.165) is 6.08 Å². The molecule has 1 fully saturated rings. The molecule has 4 rings (SSSR count). The summed E-state index contributed by atoms with van der Waals surface area (Å²) in [4.78, 5) is 37.3. The fraction of sp³-hybridized carbons (Fsp3) is 0.115. The number of amides is 3. The zero-order valence-electron chi connectivity index (χ0n) is 18.8. The van der Waals surface area contributed by atoms with Crippen LogP contribution in [0.4, 0.5) is 17.1 Å². The van der Waals surface area contributed by atoms with Gasteiger partial charge in [-0.15, -0.1) is 23.2 Å². The first-order chi connectivity index (χ1) is 17.5. The highest BCUT2D eigenvalue weighted by Crippen LogP contribution is 2.65. The smallest absolute Gasteiger partial charge is 0.257 e. The lowest BCUT2D eigenvalue weighted by Crippen LogP contribution is -2.18. The number of anilines is 3. The van der Waals surface area contributed by atoms with Crippen LogP contribution in [-0.4, -0.2) is 22.1 Å². The van der Waals surface area contributed by atoms with Crippen LogP contribution in [0.3, 0.4) is 0 Å². The quantitative estimate of drug-likeness (QED) is 0.194. The van der Waals surface area contributed by atoms with Crippen LogP contribution in [0.25, 0.3) is 0 Å². The SMILES string of the molecule is C=CC(=O)Nc1ccc(NC(=O)c2cc(NC(=O)[C@H]3[C@H](c4cc(Cl)cc(Cl)c4)C3(Cl)Cl)ccc2Cl)cc1. The summed E-state index contributed by atoms with van der Waals surface area (Å²) in [5, 5.41) is 9.08. The van der Waals surface area contributed by atoms with Gasteiger partial charge in [0, 0.05) is 33.0 Å². The summed E-state index contributed by atoms with van der Waals surface area (Å²) in [6.45, 7) is 3.39. The molecule has 1 saturated carbocycles. The van der Waals surface area contributed by atoms with E-state index in [4.69, 9.17) is 58.0 Å². The summed E-state index contributed by atoms with van der Waals surface area (Å²) in [7, 11) is 0. The number of alkyl halides is 2. The second-order valence-corrected chi connectivity index (χ2v) is 11.0. The number of halogens is 5. The summed E-state index contributed by atoms with van der Waals surface area (Å²) in [6.07, 6.45) is 1.15. The topological polar surface area (TPSA) is 87.3 Å². The average Bonchev–Trinajstić information content (AvgIpc) is 3.42. The van der Waals surface area contributed by atoms with Gasteiger partial charge in [0.05, 0.1) is 16.5 Å². The van der Waals surface area contributed by atoms with Crippen molar-refractivity contribution < 1.29 is 14.4 Å². The van der Waals surface area contributed by atoms with E-state index in [2.05, 4.69) is 22.5 Å². The fourth-order valence-electron chi connectivity index (χ4n) is 3.85. The largest absolute Gasteiger partial charge is 0.326 e. The van der Waals surface area contributed by atoms with Crippen LogP contribution in [0.1, 0.15) is 21.8 Å². The summed E-state index contributed by atoms with van der Waals surface area (Å²) in [5.41, 5.74) is 2.14. The Bertz CT molecular complexity index is 1390. The predicted octanol–water partition coefficient (Wildman–Crippen LogP) is 7.55. The molecule has 2 atom stereocenters. The van der Waals surface area contributed by atoms with Crippen molar-refractivity contribution in [1.82, 2.24) is 0 Å². The van der Waals surface area contributed by atoms with E-state index in [9.17, 15) is 14.4 Å². The van der Waals surface area contributed by atoms with Gasteiger partial charge in [-0.1, -0.05) is 41.4 Å². The molecule has 11 heteroatoms. The average molecular weight is 598 g/mol. The highest BCUT2D eigenvalue weighted by Gasteiger charge is 2.67. The number of rotatable bonds is 7. The Hall–Kier alpha value is -2.74. The monoisotopic (exact) mass is 595 g/mol. The summed E-state index contributed by atoms with van der Waals surface area (Å²) < 4.78 is -1.35. The van der Waals surface area contributed by atoms with Crippen LogP contribution in [0, 0.1) is 5.92 Å². The first kappa shape index (κ1) is 27.3. The maximum Gasteiger partial charge on any atom is 0.257 e. The Morgan fingerprint density at radius 2 is 1.35 bits per heavy atom. The molecule has 190 valence electrons. The van der Waals surface area contributed by atoms with Gasteiger partial charge in [-0.25, -0.2) is 0 Å². The van der Waals surface area contributed by atoms with Gasteiger partial charge in [-0.3, -0.25) is 14.4 Å². The molecule has 0 aliphatic heterocycles. The number of carbonyl (C=O) groups excluding carboxylic acids is 3. The maximum absolute atomic E-state index is 13.0. The first-order valence-corrected chi connectivity index (χ1v) is 12.7. The molecule has 3 amide bonds. The zero-order valence-corrected chi connectivity index (χ0v) is 22.6. The van der Waals surface area contributed by atoms with E-state index in [1.165, 1.54) is 12.1 Å². The molecule has 3 aromatic carbocycles. The van der Waals surface area contributed by atoms with E-state index in [1.807, 2.05) is 0 Å². The lowest BCUT2D eigenvalue weighted by molar-refractivity contribution is -0.117. The van der Waals surface area contributed by atoms with Crippen molar-refractivity contribution in [3.05, 3.63) is 99.5 Å². The van der Waals surface area contributed by atoms with Gasteiger partial charge < -0.3 is 16.0 Å². The minimum Gasteiger partial charge on any atom is -0.326 e. The predicted molar refractivity (Wildman–Crippen MR) is 150 cm³/mol. The van der Waals surface area contributed by atoms with Gasteiger partial charge in [0.25, 0.3) is 5.91 Å². The van der Waals surface area contributed by atoms with Crippen LogP contribution in [-0.2, 0) is 9.59 Å². The molecule has 0 unspecified atom stereocenters. The molecular weight excluding hydrogens is 580 g/mol. The van der Waals surface area contributed by atoms with Crippen LogP contribution < -0.4 is 16.0 Å². The van der Waals surface area contributed by atoms with Crippen LogP contribution in [0.15, 0.2) is 73.3 Å². The standard InChI is InChI=1S/C26H18Cl5N3O3/c1-2-21(35)32-16-3-5-17(6-4-16)33-24(36)19-12-18(7-8-20(19)29)34-25(37)23-22(26(23,30)31)13-9-14(27)11-15(28)10-13/h2-12,22-23H,1H2,(H,32,35)(H,33,36)(H,34,37)/t22-,23+/m0/s1. The fourth-order valence-corrected chi connectivity index (χ4v) is 5.42. The first-order valence-electron chi connectivity index (χ1n) is 10.8. The second-order valence-electron chi connectivity index (χ2n) is 8.24. The lowest BCUT2D eigenvalue weighted by Gasteiger charge is -2.11. The van der Waals surface area contributed by atoms with E-state index in [-0.39, 0.29) is 16.5 Å². The molecule has 0 heterocycles. The second kappa shape index (κ2) is 10.9. The molecule has 1 aliphatic rings. The maximum atomic E-state index is 13.0. The van der Waals surface area contributed by atoms with Gasteiger partial charge in [-0.2, -0.15) is 0 Å². The molecule has 3 aromatic rings. The van der Waals surface area contributed by atoms with Crippen LogP contribution in [0.5, 0.6) is 0 Å². The van der Waals surface area contributed by atoms with Gasteiger partial charge in [0.1, 0.15) is 4.33 Å². The van der Waals surface area contributed by atoms with E-state index < -0.39 is 28.0 Å². The molecule has 37 heavy (non-hydrogen) atoms. The van der Waals surface area contributed by atoms with Crippen molar-refractivity contribution in [2.24, 2.45) is 5.92 Å². The van der Waals surface area contributed by atoms with E-state index in [1.54, 1.807) is 48.5 Å². The van der Waals surface area contributed by atoms with Crippen molar-refractivity contribution in [2.45, 2.75) is 10.3 Å². The molecule has 3 N–H and O–H groups in total. The normalized spacial score (nSPS) is 17.4. The van der Waals surface area contributed by atoms with Gasteiger partial charge in [0.15, 0.2) is 0 Å². The summed E-state index contributed by atoms with van der Waals surface area (Å²) >= 11 is 31.3. The highest BCUT2D eigenvalue weighted by atomic mass is 35.5. The van der Waals surface area contributed by atoms with E-state index in [0.29, 0.717) is 32.7 Å². The lowest BCUT2D eigenvalue weighted by atomic mass is 10.1. The van der Waals surface area contributed by atoms with Crippen molar-refractivity contribution in [3.8, 4) is 0 Å². The van der Waals surface area contributed by atoms with Crippen molar-refractivity contribution in [3.63, 3.8) is 0 Å². The van der Waals surface area contributed by atoms with Gasteiger partial charge >= 0.3 is 0 Å². The Labute approximate surface area is 237 Å². The van der Waals surface area contributed by atoms with Crippen LogP contribution >= 0.6 is 58.0 Å². The van der Waals surface area contributed by atoms with Gasteiger partial charge in [-0.05, 0) is 72.3 Å². The minimum absolute atomic E-state index is 0.139. The number of benzene rings is 3. The Morgan fingerprint density at radius 3 is 1.95 bits per heavy atom. The number of hydrogen-bond donors (Lipinski definition) is 3. The third-order valence-electron chi connectivity index (χ3n) is 5.65. The van der Waals surface area contributed by atoms with E-state index >= 15 is 0 Å². The van der Waals surface area contributed by atoms with Gasteiger partial charge in [0.2, 0.25) is 11.8 Å². The number of hydrogen-bond acceptors (Lipinski definition) is 3. The molecular formula is C26H18Cl5N3O3. The van der Waals surface area contributed by atoms with Crippen LogP contribution in [0.2, 0.25) is 15.1 Å². The van der Waals surface area contributed by atoms with Crippen molar-refractivity contribution in [2.75, 3.05) is 16.0 Å².